The lowest BCUT2D eigenvalue weighted by molar-refractivity contribution is 0.0879. The van der Waals surface area contributed by atoms with Gasteiger partial charge in [0.25, 0.3) is 11.8 Å². The first-order chi connectivity index (χ1) is 10.7. The first-order valence-electron chi connectivity index (χ1n) is 7.80. The number of hydrogen-bond donors (Lipinski definition) is 2. The maximum absolute atomic E-state index is 12.4. The van der Waals surface area contributed by atoms with E-state index in [0.29, 0.717) is 23.1 Å². The van der Waals surface area contributed by atoms with Gasteiger partial charge in [-0.1, -0.05) is 12.8 Å². The lowest BCUT2D eigenvalue weighted by Crippen LogP contribution is -2.25. The minimum Gasteiger partial charge on any atom is -0.380 e. The third kappa shape index (κ3) is 1.28. The van der Waals surface area contributed by atoms with Crippen LogP contribution < -0.4 is 10.6 Å². The van der Waals surface area contributed by atoms with Crippen molar-refractivity contribution in [3.8, 4) is 0 Å². The second-order valence-corrected chi connectivity index (χ2v) is 6.52. The third-order valence-corrected chi connectivity index (χ3v) is 5.35. The highest BCUT2D eigenvalue weighted by molar-refractivity contribution is 6.28. The number of imide groups is 1. The molecular weight excluding hydrogens is 280 g/mol. The van der Waals surface area contributed by atoms with E-state index in [9.17, 15) is 9.59 Å². The summed E-state index contributed by atoms with van der Waals surface area (Å²) < 4.78 is 1.83. The van der Waals surface area contributed by atoms with Crippen molar-refractivity contribution in [2.75, 3.05) is 5.32 Å². The molecule has 3 aliphatic rings. The number of aryl methyl sites for hydroxylation is 1. The fraction of sp³-hybridized carbons (Fsp3) is 0.438. The largest absolute Gasteiger partial charge is 0.380 e. The zero-order valence-electron chi connectivity index (χ0n) is 12.3. The van der Waals surface area contributed by atoms with E-state index in [1.807, 2.05) is 11.6 Å². The van der Waals surface area contributed by atoms with Gasteiger partial charge in [0.1, 0.15) is 5.52 Å². The van der Waals surface area contributed by atoms with Crippen LogP contribution in [0.4, 0.5) is 5.69 Å². The Balaban J connectivity index is 1.92. The van der Waals surface area contributed by atoms with Crippen molar-refractivity contribution in [2.45, 2.75) is 37.6 Å². The molecule has 1 fully saturated rings. The Bertz CT molecular complexity index is 867. The Morgan fingerprint density at radius 3 is 2.82 bits per heavy atom. The molecule has 5 rings (SSSR count). The van der Waals surface area contributed by atoms with Crippen LogP contribution in [0, 0.1) is 0 Å². The van der Waals surface area contributed by atoms with Crippen LogP contribution in [-0.2, 0) is 7.05 Å². The Labute approximate surface area is 126 Å². The number of amides is 2. The van der Waals surface area contributed by atoms with Gasteiger partial charge in [-0.3, -0.25) is 14.9 Å². The van der Waals surface area contributed by atoms with Crippen LogP contribution in [0.15, 0.2) is 6.33 Å². The summed E-state index contributed by atoms with van der Waals surface area (Å²) in [5, 5.41) is 6.06. The fourth-order valence-corrected chi connectivity index (χ4v) is 4.45. The minimum absolute atomic E-state index is 0.257. The second-order valence-electron chi connectivity index (χ2n) is 6.52. The summed E-state index contributed by atoms with van der Waals surface area (Å²) in [5.74, 6) is -0.233. The maximum atomic E-state index is 12.4. The molecule has 6 heteroatoms. The van der Waals surface area contributed by atoms with Crippen LogP contribution in [0.2, 0.25) is 0 Å². The molecule has 22 heavy (non-hydrogen) atoms. The van der Waals surface area contributed by atoms with E-state index in [-0.39, 0.29) is 11.8 Å². The number of fused-ring (bicyclic) bond motifs is 8. The first kappa shape index (κ1) is 12.2. The molecule has 112 valence electrons. The SMILES string of the molecule is Cn1cnc2c3c(c4c(c21)C(=O)NC4=O)C1CCCCC1N3. The highest BCUT2D eigenvalue weighted by Gasteiger charge is 2.44. The Morgan fingerprint density at radius 2 is 1.95 bits per heavy atom. The van der Waals surface area contributed by atoms with Crippen LogP contribution >= 0.6 is 0 Å². The Kier molecular flexibility index (Phi) is 2.15. The van der Waals surface area contributed by atoms with Crippen molar-refractivity contribution < 1.29 is 9.59 Å². The molecule has 2 amide bonds. The van der Waals surface area contributed by atoms with Gasteiger partial charge in [-0.05, 0) is 18.4 Å². The average Bonchev–Trinajstić information content (AvgIpc) is 3.14. The molecule has 2 aliphatic heterocycles. The second kappa shape index (κ2) is 3.88. The number of nitrogens with zero attached hydrogens (tertiary/aromatic N) is 2. The van der Waals surface area contributed by atoms with Crippen LogP contribution in [0.1, 0.15) is 57.9 Å². The van der Waals surface area contributed by atoms with Gasteiger partial charge < -0.3 is 9.88 Å². The molecule has 1 saturated carbocycles. The Hall–Kier alpha value is -2.37. The number of hydrogen-bond acceptors (Lipinski definition) is 4. The predicted molar refractivity (Wildman–Crippen MR) is 81.1 cm³/mol. The molecule has 1 aromatic heterocycles. The van der Waals surface area contributed by atoms with Crippen molar-refractivity contribution in [3.05, 3.63) is 23.0 Å². The number of nitrogens with one attached hydrogen (secondary N) is 2. The van der Waals surface area contributed by atoms with Crippen molar-refractivity contribution in [1.82, 2.24) is 14.9 Å². The lowest BCUT2D eigenvalue weighted by Gasteiger charge is -2.25. The van der Waals surface area contributed by atoms with Crippen LogP contribution in [0.3, 0.4) is 0 Å². The van der Waals surface area contributed by atoms with E-state index in [0.717, 1.165) is 35.1 Å². The van der Waals surface area contributed by atoms with E-state index in [1.165, 1.54) is 12.8 Å². The van der Waals surface area contributed by atoms with E-state index in [4.69, 9.17) is 0 Å². The van der Waals surface area contributed by atoms with Gasteiger partial charge >= 0.3 is 0 Å². The molecule has 0 radical (unpaired) electrons. The molecular formula is C16H16N4O2. The average molecular weight is 296 g/mol. The van der Waals surface area contributed by atoms with E-state index in [1.54, 1.807) is 6.33 Å². The molecule has 1 aromatic carbocycles. The number of aromatic nitrogens is 2. The van der Waals surface area contributed by atoms with Crippen molar-refractivity contribution in [2.24, 2.45) is 7.05 Å². The monoisotopic (exact) mass is 296 g/mol. The van der Waals surface area contributed by atoms with E-state index >= 15 is 0 Å². The van der Waals surface area contributed by atoms with Gasteiger partial charge in [-0.2, -0.15) is 0 Å². The molecule has 3 heterocycles. The van der Waals surface area contributed by atoms with Crippen molar-refractivity contribution >= 4 is 28.5 Å². The minimum atomic E-state index is -0.296. The molecule has 2 unspecified atom stereocenters. The highest BCUT2D eigenvalue weighted by atomic mass is 16.2. The molecule has 0 spiro atoms. The van der Waals surface area contributed by atoms with Gasteiger partial charge in [-0.15, -0.1) is 0 Å². The zero-order valence-corrected chi connectivity index (χ0v) is 12.3. The van der Waals surface area contributed by atoms with Crippen LogP contribution in [-0.4, -0.2) is 27.4 Å². The summed E-state index contributed by atoms with van der Waals surface area (Å²) in [4.78, 5) is 29.2. The summed E-state index contributed by atoms with van der Waals surface area (Å²) in [6.07, 6.45) is 6.27. The number of carbonyl (C=O) groups excluding carboxylic acids is 2. The standard InChI is InChI=1S/C16H16N4O2/c1-20-6-17-13-12-9(7-4-2-3-5-8(7)18-12)10-11(14(13)20)16(22)19-15(10)21/h6-8,18H,2-5H2,1H3,(H,19,21,22). The maximum Gasteiger partial charge on any atom is 0.261 e. The molecule has 0 saturated heterocycles. The number of rotatable bonds is 0. The quantitative estimate of drug-likeness (QED) is 0.728. The Morgan fingerprint density at radius 1 is 1.18 bits per heavy atom. The van der Waals surface area contributed by atoms with Gasteiger partial charge in [0.15, 0.2) is 0 Å². The topological polar surface area (TPSA) is 76.0 Å². The summed E-state index contributed by atoms with van der Waals surface area (Å²) in [7, 11) is 1.86. The van der Waals surface area contributed by atoms with E-state index < -0.39 is 0 Å². The normalized spacial score (nSPS) is 25.7. The molecule has 0 bridgehead atoms. The zero-order chi connectivity index (χ0) is 15.0. The first-order valence-corrected chi connectivity index (χ1v) is 7.80. The smallest absolute Gasteiger partial charge is 0.261 e. The molecule has 2 aromatic rings. The number of benzene rings is 1. The van der Waals surface area contributed by atoms with Crippen LogP contribution in [0.25, 0.3) is 11.0 Å². The number of imidazole rings is 1. The van der Waals surface area contributed by atoms with Crippen LogP contribution in [0.5, 0.6) is 0 Å². The summed E-state index contributed by atoms with van der Waals surface area (Å²) in [6, 6.07) is 0.365. The van der Waals surface area contributed by atoms with Gasteiger partial charge in [0.05, 0.1) is 28.7 Å². The van der Waals surface area contributed by atoms with Crippen molar-refractivity contribution in [3.63, 3.8) is 0 Å². The van der Waals surface area contributed by atoms with E-state index in [2.05, 4.69) is 15.6 Å². The number of anilines is 1. The van der Waals surface area contributed by atoms with Gasteiger partial charge in [0, 0.05) is 19.0 Å². The molecule has 1 aliphatic carbocycles. The highest BCUT2D eigenvalue weighted by Crippen LogP contribution is 2.50. The van der Waals surface area contributed by atoms with Crippen molar-refractivity contribution in [1.29, 1.82) is 0 Å². The summed E-state index contributed by atoms with van der Waals surface area (Å²) >= 11 is 0. The number of carbonyl (C=O) groups is 2. The third-order valence-electron chi connectivity index (χ3n) is 5.35. The predicted octanol–water partition coefficient (Wildman–Crippen LogP) is 1.91. The molecule has 2 atom stereocenters. The molecule has 6 nitrogen and oxygen atoms in total. The fourth-order valence-electron chi connectivity index (χ4n) is 4.45. The summed E-state index contributed by atoms with van der Waals surface area (Å²) in [5.41, 5.74) is 4.65. The van der Waals surface area contributed by atoms with Gasteiger partial charge in [0.2, 0.25) is 0 Å². The van der Waals surface area contributed by atoms with Gasteiger partial charge in [-0.25, -0.2) is 4.98 Å². The lowest BCUT2D eigenvalue weighted by atomic mass is 9.80. The molecule has 2 N–H and O–H groups in total. The summed E-state index contributed by atoms with van der Waals surface area (Å²) in [6.45, 7) is 0.